The van der Waals surface area contributed by atoms with E-state index in [4.69, 9.17) is 0 Å². The smallest absolute Gasteiger partial charge is 0.294 e. The SMILES string of the molecule is Cc1ccc(NC(=O)CN2C(=O)S/C(=C/c3cn(CC(=O)Nc4ccc(F)cc4)c4ccccc34)C2=O)cc1C. The number of thioether (sulfide) groups is 1. The summed E-state index contributed by atoms with van der Waals surface area (Å²) < 4.78 is 14.9. The highest BCUT2D eigenvalue weighted by molar-refractivity contribution is 8.18. The molecule has 1 aromatic heterocycles. The first kappa shape index (κ1) is 26.9. The molecule has 1 aliphatic rings. The predicted octanol–water partition coefficient (Wildman–Crippen LogP) is 5.71. The number of fused-ring (bicyclic) bond motifs is 1. The Bertz CT molecular complexity index is 1690. The van der Waals surface area contributed by atoms with Gasteiger partial charge < -0.3 is 15.2 Å². The summed E-state index contributed by atoms with van der Waals surface area (Å²) in [6, 6.07) is 18.3. The van der Waals surface area contributed by atoms with Crippen LogP contribution in [0.3, 0.4) is 0 Å². The number of benzene rings is 3. The fourth-order valence-electron chi connectivity index (χ4n) is 4.35. The van der Waals surface area contributed by atoms with Gasteiger partial charge in [-0.1, -0.05) is 24.3 Å². The Morgan fingerprint density at radius 2 is 1.55 bits per heavy atom. The number of halogens is 1. The van der Waals surface area contributed by atoms with Crippen LogP contribution in [-0.2, 0) is 20.9 Å². The molecule has 4 aromatic rings. The summed E-state index contributed by atoms with van der Waals surface area (Å²) in [5, 5.41) is 5.72. The number of imide groups is 1. The average Bonchev–Trinajstić information content (AvgIpc) is 3.39. The van der Waals surface area contributed by atoms with Gasteiger partial charge in [-0.3, -0.25) is 24.1 Å². The third-order valence-electron chi connectivity index (χ3n) is 6.51. The summed E-state index contributed by atoms with van der Waals surface area (Å²) in [5.41, 5.74) is 4.57. The minimum absolute atomic E-state index is 0.0220. The summed E-state index contributed by atoms with van der Waals surface area (Å²) in [5.74, 6) is -1.74. The molecule has 40 heavy (non-hydrogen) atoms. The van der Waals surface area contributed by atoms with Crippen molar-refractivity contribution in [2.24, 2.45) is 0 Å². The minimum Gasteiger partial charge on any atom is -0.337 e. The molecule has 10 heteroatoms. The zero-order valence-electron chi connectivity index (χ0n) is 21.7. The van der Waals surface area contributed by atoms with E-state index in [2.05, 4.69) is 10.6 Å². The zero-order valence-corrected chi connectivity index (χ0v) is 22.5. The van der Waals surface area contributed by atoms with Gasteiger partial charge >= 0.3 is 0 Å². The number of aromatic nitrogens is 1. The van der Waals surface area contributed by atoms with Gasteiger partial charge in [0.1, 0.15) is 18.9 Å². The van der Waals surface area contributed by atoms with Crippen LogP contribution in [0.2, 0.25) is 0 Å². The van der Waals surface area contributed by atoms with E-state index in [1.807, 2.05) is 50.2 Å². The number of aryl methyl sites for hydroxylation is 2. The van der Waals surface area contributed by atoms with Crippen molar-refractivity contribution in [3.8, 4) is 0 Å². The molecule has 0 atom stereocenters. The van der Waals surface area contributed by atoms with Crippen molar-refractivity contribution in [3.63, 3.8) is 0 Å². The first-order valence-electron chi connectivity index (χ1n) is 12.4. The third-order valence-corrected chi connectivity index (χ3v) is 7.42. The second-order valence-corrected chi connectivity index (χ2v) is 10.4. The largest absolute Gasteiger partial charge is 0.337 e. The van der Waals surface area contributed by atoms with Crippen molar-refractivity contribution in [2.75, 3.05) is 17.2 Å². The van der Waals surface area contributed by atoms with E-state index in [1.54, 1.807) is 22.9 Å². The van der Waals surface area contributed by atoms with Gasteiger partial charge in [0.15, 0.2) is 0 Å². The average molecular weight is 557 g/mol. The number of carbonyl (C=O) groups is 4. The predicted molar refractivity (Wildman–Crippen MR) is 154 cm³/mol. The van der Waals surface area contributed by atoms with Crippen LogP contribution in [0.1, 0.15) is 16.7 Å². The number of amides is 4. The maximum Gasteiger partial charge on any atom is 0.294 e. The maximum atomic E-state index is 13.2. The number of nitrogens with one attached hydrogen (secondary N) is 2. The van der Waals surface area contributed by atoms with E-state index in [1.165, 1.54) is 24.3 Å². The van der Waals surface area contributed by atoms with Gasteiger partial charge in [0, 0.05) is 34.0 Å². The van der Waals surface area contributed by atoms with Crippen molar-refractivity contribution in [2.45, 2.75) is 20.4 Å². The Morgan fingerprint density at radius 3 is 2.30 bits per heavy atom. The number of para-hydroxylation sites is 1. The van der Waals surface area contributed by atoms with Crippen molar-refractivity contribution < 1.29 is 23.6 Å². The normalized spacial score (nSPS) is 14.3. The minimum atomic E-state index is -0.559. The number of nitrogens with zero attached hydrogens (tertiary/aromatic N) is 2. The van der Waals surface area contributed by atoms with Crippen LogP contribution in [0.15, 0.2) is 77.8 Å². The molecule has 0 aliphatic carbocycles. The third kappa shape index (κ3) is 5.81. The molecule has 1 saturated heterocycles. The van der Waals surface area contributed by atoms with Gasteiger partial charge in [-0.05, 0) is 85.3 Å². The monoisotopic (exact) mass is 556 g/mol. The molecule has 5 rings (SSSR count). The number of hydrogen-bond donors (Lipinski definition) is 2. The molecule has 202 valence electrons. The summed E-state index contributed by atoms with van der Waals surface area (Å²) in [4.78, 5) is 52.1. The van der Waals surface area contributed by atoms with Crippen LogP contribution < -0.4 is 10.6 Å². The molecule has 0 spiro atoms. The first-order chi connectivity index (χ1) is 19.2. The van der Waals surface area contributed by atoms with Gasteiger partial charge in [0.25, 0.3) is 11.1 Å². The molecule has 0 saturated carbocycles. The van der Waals surface area contributed by atoms with Gasteiger partial charge in [-0.15, -0.1) is 0 Å². The Kier molecular flexibility index (Phi) is 7.52. The van der Waals surface area contributed by atoms with E-state index in [-0.39, 0.29) is 17.4 Å². The van der Waals surface area contributed by atoms with Gasteiger partial charge in [0.2, 0.25) is 11.8 Å². The Morgan fingerprint density at radius 1 is 0.875 bits per heavy atom. The van der Waals surface area contributed by atoms with Crippen molar-refractivity contribution in [3.05, 3.63) is 100 Å². The van der Waals surface area contributed by atoms with E-state index in [9.17, 15) is 23.6 Å². The number of carbonyl (C=O) groups excluding carboxylic acids is 4. The zero-order chi connectivity index (χ0) is 28.4. The van der Waals surface area contributed by atoms with Crippen LogP contribution in [-0.4, -0.2) is 39.0 Å². The van der Waals surface area contributed by atoms with E-state index < -0.39 is 29.4 Å². The molecular formula is C30H25FN4O4S. The van der Waals surface area contributed by atoms with Crippen molar-refractivity contribution in [1.29, 1.82) is 0 Å². The summed E-state index contributed by atoms with van der Waals surface area (Å²) >= 11 is 0.763. The molecule has 8 nitrogen and oxygen atoms in total. The van der Waals surface area contributed by atoms with Crippen LogP contribution in [0, 0.1) is 19.7 Å². The van der Waals surface area contributed by atoms with E-state index in [0.717, 1.165) is 38.7 Å². The molecule has 0 bridgehead atoms. The molecule has 3 aromatic carbocycles. The molecule has 0 unspecified atom stereocenters. The molecular weight excluding hydrogens is 531 g/mol. The van der Waals surface area contributed by atoms with Gasteiger partial charge in [-0.2, -0.15) is 0 Å². The lowest BCUT2D eigenvalue weighted by Crippen LogP contribution is -2.36. The highest BCUT2D eigenvalue weighted by Gasteiger charge is 2.36. The van der Waals surface area contributed by atoms with Gasteiger partial charge in [-0.25, -0.2) is 4.39 Å². The van der Waals surface area contributed by atoms with Crippen LogP contribution >= 0.6 is 11.8 Å². The molecule has 1 fully saturated rings. The van der Waals surface area contributed by atoms with Crippen LogP contribution in [0.25, 0.3) is 17.0 Å². The Labute approximate surface area is 233 Å². The fraction of sp³-hybridized carbons (Fsp3) is 0.133. The Hall–Kier alpha value is -4.70. The Balaban J connectivity index is 1.32. The van der Waals surface area contributed by atoms with Crippen molar-refractivity contribution in [1.82, 2.24) is 9.47 Å². The highest BCUT2D eigenvalue weighted by atomic mass is 32.2. The molecule has 2 heterocycles. The quantitative estimate of drug-likeness (QED) is 0.284. The number of hydrogen-bond acceptors (Lipinski definition) is 5. The van der Waals surface area contributed by atoms with E-state index >= 15 is 0 Å². The van der Waals surface area contributed by atoms with E-state index in [0.29, 0.717) is 16.9 Å². The molecule has 0 radical (unpaired) electrons. The molecule has 1 aliphatic heterocycles. The second-order valence-electron chi connectivity index (χ2n) is 9.40. The van der Waals surface area contributed by atoms with Gasteiger partial charge in [0.05, 0.1) is 4.91 Å². The number of rotatable bonds is 7. The lowest BCUT2D eigenvalue weighted by Gasteiger charge is -2.13. The molecule has 2 N–H and O–H groups in total. The highest BCUT2D eigenvalue weighted by Crippen LogP contribution is 2.34. The summed E-state index contributed by atoms with van der Waals surface area (Å²) in [6.07, 6.45) is 3.33. The summed E-state index contributed by atoms with van der Waals surface area (Å²) in [7, 11) is 0. The lowest BCUT2D eigenvalue weighted by molar-refractivity contribution is -0.127. The standard InChI is InChI=1S/C30H25FN4O4S/c1-18-7-10-23(13-19(18)2)33-28(37)17-35-29(38)26(40-30(35)39)14-20-15-34(25-6-4-3-5-24(20)25)16-27(36)32-22-11-8-21(31)9-12-22/h3-15H,16-17H2,1-2H3,(H,32,36)(H,33,37)/b26-14+. The number of anilines is 2. The van der Waals surface area contributed by atoms with Crippen LogP contribution in [0.5, 0.6) is 0 Å². The van der Waals surface area contributed by atoms with Crippen molar-refractivity contribution >= 4 is 63.1 Å². The fourth-order valence-corrected chi connectivity index (χ4v) is 5.18. The first-order valence-corrected chi connectivity index (χ1v) is 13.3. The molecule has 4 amide bonds. The second kappa shape index (κ2) is 11.2. The topological polar surface area (TPSA) is 101 Å². The lowest BCUT2D eigenvalue weighted by atomic mass is 10.1. The van der Waals surface area contributed by atoms with Crippen LogP contribution in [0.4, 0.5) is 20.6 Å². The maximum absolute atomic E-state index is 13.2. The summed E-state index contributed by atoms with van der Waals surface area (Å²) in [6.45, 7) is 3.47.